The molecule has 0 amide bonds. The lowest BCUT2D eigenvalue weighted by Gasteiger charge is -2.17. The molecule has 0 unspecified atom stereocenters. The van der Waals surface area contributed by atoms with Crippen LogP contribution in [0.3, 0.4) is 0 Å². The minimum Gasteiger partial charge on any atom is -0.309 e. The van der Waals surface area contributed by atoms with Crippen molar-refractivity contribution < 1.29 is 0 Å². The van der Waals surface area contributed by atoms with E-state index in [1.807, 2.05) is 0 Å². The minimum atomic E-state index is 0.654. The third-order valence-corrected chi connectivity index (χ3v) is 14.0. The summed E-state index contributed by atoms with van der Waals surface area (Å²) in [4.78, 5) is 10.9. The Morgan fingerprint density at radius 2 is 0.828 bits per heavy atom. The highest BCUT2D eigenvalue weighted by molar-refractivity contribution is 6.41. The number of fused-ring (bicyclic) bond motifs is 11. The van der Waals surface area contributed by atoms with Crippen LogP contribution in [0.1, 0.15) is 11.1 Å². The summed E-state index contributed by atoms with van der Waals surface area (Å²) in [5.74, 6) is 0.654. The van der Waals surface area contributed by atoms with Crippen LogP contribution in [0.15, 0.2) is 194 Å². The van der Waals surface area contributed by atoms with Gasteiger partial charge in [-0.2, -0.15) is 0 Å². The molecule has 0 aliphatic heterocycles. The van der Waals surface area contributed by atoms with Crippen molar-refractivity contribution in [2.24, 2.45) is 0 Å². The molecule has 11 aromatic carbocycles. The lowest BCUT2D eigenvalue weighted by atomic mass is 9.87. The Balaban J connectivity index is 1.10. The van der Waals surface area contributed by atoms with Crippen LogP contribution in [0.4, 0.5) is 0 Å². The van der Waals surface area contributed by atoms with Gasteiger partial charge >= 0.3 is 0 Å². The predicted molar refractivity (Wildman–Crippen MR) is 270 cm³/mol. The molecule has 14 rings (SSSR count). The fourth-order valence-electron chi connectivity index (χ4n) is 10.9. The number of nitrogens with zero attached hydrogens (tertiary/aromatic N) is 4. The number of aromatic nitrogens is 4. The first-order valence-corrected chi connectivity index (χ1v) is 22.1. The van der Waals surface area contributed by atoms with E-state index in [1.54, 1.807) is 0 Å². The number of para-hydroxylation sites is 4. The SMILES string of the molecule is Cc1ccc(-c2ccc(-c3nc(-n4c5ccccc5c5c6cccc7c8cccc9c8c(cc8c9c9ccccc9n8-c8ccccc8)c(cc54)c76)nc4ccccc34)cc2)cc1C. The molecule has 0 aliphatic carbocycles. The van der Waals surface area contributed by atoms with Crippen LogP contribution in [-0.4, -0.2) is 19.1 Å². The summed E-state index contributed by atoms with van der Waals surface area (Å²) in [6.45, 7) is 4.34. The number of aryl methyl sites for hydroxylation is 2. The molecule has 0 N–H and O–H groups in total. The first kappa shape index (κ1) is 35.3. The molecular weight excluding hydrogens is 777 g/mol. The second kappa shape index (κ2) is 13.1. The van der Waals surface area contributed by atoms with Gasteiger partial charge in [-0.25, -0.2) is 9.97 Å². The highest BCUT2D eigenvalue weighted by atomic mass is 15.2. The zero-order chi connectivity index (χ0) is 42.2. The normalized spacial score (nSPS) is 12.2. The van der Waals surface area contributed by atoms with E-state index in [-0.39, 0.29) is 0 Å². The monoisotopic (exact) mass is 814 g/mol. The quantitative estimate of drug-likeness (QED) is 0.131. The summed E-state index contributed by atoms with van der Waals surface area (Å²) in [6, 6.07) is 71.0. The van der Waals surface area contributed by atoms with Gasteiger partial charge in [0.1, 0.15) is 0 Å². The van der Waals surface area contributed by atoms with Gasteiger partial charge in [-0.05, 0) is 122 Å². The number of hydrogen-bond donors (Lipinski definition) is 0. The Labute approximate surface area is 368 Å². The molecule has 0 bridgehead atoms. The van der Waals surface area contributed by atoms with Gasteiger partial charge in [0.05, 0.1) is 33.3 Å². The van der Waals surface area contributed by atoms with Gasteiger partial charge in [0, 0.05) is 38.2 Å². The van der Waals surface area contributed by atoms with E-state index in [0.717, 1.165) is 38.9 Å². The first-order chi connectivity index (χ1) is 31.6. The maximum atomic E-state index is 5.54. The van der Waals surface area contributed by atoms with Crippen LogP contribution in [0.2, 0.25) is 0 Å². The molecule has 0 saturated heterocycles. The lowest BCUT2D eigenvalue weighted by molar-refractivity contribution is 1.01. The van der Waals surface area contributed by atoms with Crippen molar-refractivity contribution in [3.8, 4) is 34.0 Å². The van der Waals surface area contributed by atoms with E-state index in [0.29, 0.717) is 5.95 Å². The van der Waals surface area contributed by atoms with Crippen LogP contribution < -0.4 is 0 Å². The van der Waals surface area contributed by atoms with Crippen molar-refractivity contribution in [1.29, 1.82) is 0 Å². The first-order valence-electron chi connectivity index (χ1n) is 22.1. The summed E-state index contributed by atoms with van der Waals surface area (Å²) in [5.41, 5.74) is 13.6. The molecule has 4 nitrogen and oxygen atoms in total. The summed E-state index contributed by atoms with van der Waals surface area (Å²) in [7, 11) is 0. The van der Waals surface area contributed by atoms with Crippen molar-refractivity contribution in [3.63, 3.8) is 0 Å². The standard InChI is InChI=1S/C60H38N4/c1-35-26-27-39(32-36(35)2)37-28-30-38(31-29-37)59-43-16-6-9-23-50(43)61-60(62-59)64-52-25-11-8-18-45(52)58-47-22-13-20-42-41-19-12-21-46-55(41)48(49(56(42)47)34-54(58)64)33-53-57(46)44-17-7-10-24-51(44)63(53)40-14-4-3-5-15-40/h3-34H,1-2H3. The highest BCUT2D eigenvalue weighted by Crippen LogP contribution is 2.49. The number of rotatable bonds is 4. The second-order valence-corrected chi connectivity index (χ2v) is 17.4. The van der Waals surface area contributed by atoms with Gasteiger partial charge in [0.25, 0.3) is 0 Å². The van der Waals surface area contributed by atoms with E-state index >= 15 is 0 Å². The van der Waals surface area contributed by atoms with Crippen LogP contribution in [0.5, 0.6) is 0 Å². The van der Waals surface area contributed by atoms with Gasteiger partial charge in [0.15, 0.2) is 0 Å². The molecule has 0 spiro atoms. The van der Waals surface area contributed by atoms with Gasteiger partial charge in [-0.1, -0.05) is 152 Å². The van der Waals surface area contributed by atoms with Gasteiger partial charge in [-0.3, -0.25) is 4.57 Å². The summed E-state index contributed by atoms with van der Waals surface area (Å²) < 4.78 is 4.75. The third kappa shape index (κ3) is 4.82. The number of hydrogen-bond acceptors (Lipinski definition) is 2. The molecule has 0 radical (unpaired) electrons. The maximum absolute atomic E-state index is 5.54. The third-order valence-electron chi connectivity index (χ3n) is 14.0. The van der Waals surface area contributed by atoms with Crippen molar-refractivity contribution in [3.05, 3.63) is 205 Å². The van der Waals surface area contributed by atoms with Crippen LogP contribution in [-0.2, 0) is 0 Å². The smallest absolute Gasteiger partial charge is 0.235 e. The van der Waals surface area contributed by atoms with Crippen LogP contribution >= 0.6 is 0 Å². The number of benzene rings is 11. The zero-order valence-electron chi connectivity index (χ0n) is 35.3. The molecule has 3 aromatic heterocycles. The molecule has 0 atom stereocenters. The fraction of sp³-hybridized carbons (Fsp3) is 0.0333. The lowest BCUT2D eigenvalue weighted by Crippen LogP contribution is -2.03. The average Bonchev–Trinajstić information content (AvgIpc) is 3.87. The second-order valence-electron chi connectivity index (χ2n) is 17.4. The molecular formula is C60H38N4. The molecule has 298 valence electrons. The van der Waals surface area contributed by atoms with Gasteiger partial charge < -0.3 is 4.57 Å². The maximum Gasteiger partial charge on any atom is 0.235 e. The van der Waals surface area contributed by atoms with E-state index in [2.05, 4.69) is 217 Å². The Morgan fingerprint density at radius 3 is 1.48 bits per heavy atom. The molecule has 4 heteroatoms. The van der Waals surface area contributed by atoms with E-state index in [4.69, 9.17) is 9.97 Å². The molecule has 0 saturated carbocycles. The highest BCUT2D eigenvalue weighted by Gasteiger charge is 2.24. The Kier molecular flexibility index (Phi) is 7.21. The van der Waals surface area contributed by atoms with Crippen molar-refractivity contribution >= 4 is 97.6 Å². The summed E-state index contributed by atoms with van der Waals surface area (Å²) in [5, 5.41) is 16.0. The zero-order valence-corrected chi connectivity index (χ0v) is 35.3. The van der Waals surface area contributed by atoms with Crippen molar-refractivity contribution in [2.45, 2.75) is 13.8 Å². The Bertz CT molecular complexity index is 4250. The largest absolute Gasteiger partial charge is 0.309 e. The summed E-state index contributed by atoms with van der Waals surface area (Å²) >= 11 is 0. The minimum absolute atomic E-state index is 0.654. The van der Waals surface area contributed by atoms with Gasteiger partial charge in [-0.15, -0.1) is 0 Å². The molecule has 14 aromatic rings. The molecule has 64 heavy (non-hydrogen) atoms. The van der Waals surface area contributed by atoms with E-state index < -0.39 is 0 Å². The van der Waals surface area contributed by atoms with E-state index in [1.165, 1.54) is 97.9 Å². The topological polar surface area (TPSA) is 35.6 Å². The van der Waals surface area contributed by atoms with Crippen LogP contribution in [0, 0.1) is 13.8 Å². The fourth-order valence-corrected chi connectivity index (χ4v) is 10.9. The van der Waals surface area contributed by atoms with E-state index in [9.17, 15) is 0 Å². The van der Waals surface area contributed by atoms with Crippen LogP contribution in [0.25, 0.3) is 132 Å². The summed E-state index contributed by atoms with van der Waals surface area (Å²) in [6.07, 6.45) is 0. The predicted octanol–water partition coefficient (Wildman–Crippen LogP) is 15.8. The van der Waals surface area contributed by atoms with Crippen molar-refractivity contribution in [2.75, 3.05) is 0 Å². The molecule has 0 aliphatic rings. The van der Waals surface area contributed by atoms with Crippen molar-refractivity contribution in [1.82, 2.24) is 19.1 Å². The molecule has 3 heterocycles. The average molecular weight is 815 g/mol. The Hall–Kier alpha value is -8.34. The van der Waals surface area contributed by atoms with Gasteiger partial charge in [0.2, 0.25) is 5.95 Å². The molecule has 0 fully saturated rings. The Morgan fingerprint density at radius 1 is 0.312 bits per heavy atom.